The maximum absolute atomic E-state index is 12.2. The highest BCUT2D eigenvalue weighted by Crippen LogP contribution is 2.17. The third-order valence-electron chi connectivity index (χ3n) is 3.12. The second-order valence-corrected chi connectivity index (χ2v) is 4.97. The average Bonchev–Trinajstić information content (AvgIpc) is 2.24. The van der Waals surface area contributed by atoms with E-state index in [1.165, 1.54) is 11.1 Å². The Bertz CT molecular complexity index is 324. The molecule has 1 fully saturated rings. The molecule has 0 saturated carbocycles. The van der Waals surface area contributed by atoms with Gasteiger partial charge < -0.3 is 10.2 Å². The highest BCUT2D eigenvalue weighted by Gasteiger charge is 2.32. The van der Waals surface area contributed by atoms with Gasteiger partial charge in [0.25, 0.3) is 0 Å². The standard InChI is InChI=1S/C13H23N3O2/c1-5-16(13(18)15-7-6-8-15)11(9-10(2)3)12(17)14-4/h5,10-11H,1,6-9H2,2-4H3,(H,14,17). The van der Waals surface area contributed by atoms with E-state index < -0.39 is 6.04 Å². The molecule has 1 unspecified atom stereocenters. The molecule has 1 aliphatic rings. The van der Waals surface area contributed by atoms with Crippen molar-refractivity contribution in [1.82, 2.24) is 15.1 Å². The third-order valence-corrected chi connectivity index (χ3v) is 3.12. The van der Waals surface area contributed by atoms with Crippen molar-refractivity contribution < 1.29 is 9.59 Å². The molecule has 3 amide bonds. The Morgan fingerprint density at radius 1 is 1.44 bits per heavy atom. The molecular weight excluding hydrogens is 230 g/mol. The van der Waals surface area contributed by atoms with Crippen molar-refractivity contribution in [2.24, 2.45) is 5.92 Å². The molecule has 1 saturated heterocycles. The summed E-state index contributed by atoms with van der Waals surface area (Å²) in [6, 6.07) is -0.592. The summed E-state index contributed by atoms with van der Waals surface area (Å²) < 4.78 is 0. The van der Waals surface area contributed by atoms with E-state index in [-0.39, 0.29) is 11.9 Å². The van der Waals surface area contributed by atoms with Gasteiger partial charge in [-0.2, -0.15) is 0 Å². The Morgan fingerprint density at radius 3 is 2.39 bits per heavy atom. The van der Waals surface area contributed by atoms with Gasteiger partial charge in [-0.3, -0.25) is 9.69 Å². The number of likely N-dealkylation sites (tertiary alicyclic amines) is 1. The molecule has 0 aromatic carbocycles. The van der Waals surface area contributed by atoms with E-state index in [4.69, 9.17) is 0 Å². The number of urea groups is 1. The highest BCUT2D eigenvalue weighted by molar-refractivity contribution is 5.87. The first kappa shape index (κ1) is 14.5. The summed E-state index contributed by atoms with van der Waals surface area (Å²) in [7, 11) is 1.59. The summed E-state index contributed by atoms with van der Waals surface area (Å²) in [5.41, 5.74) is 0. The normalized spacial score (nSPS) is 15.9. The molecule has 0 aliphatic carbocycles. The Morgan fingerprint density at radius 2 is 2.06 bits per heavy atom. The Labute approximate surface area is 109 Å². The van der Waals surface area contributed by atoms with Crippen LogP contribution in [-0.2, 0) is 4.79 Å². The number of nitrogens with one attached hydrogen (secondary N) is 1. The second kappa shape index (κ2) is 6.42. The smallest absolute Gasteiger partial charge is 0.324 e. The lowest BCUT2D eigenvalue weighted by Gasteiger charge is -2.37. The van der Waals surface area contributed by atoms with Gasteiger partial charge in [-0.1, -0.05) is 20.4 Å². The molecular formula is C13H23N3O2. The molecule has 0 bridgehead atoms. The minimum Gasteiger partial charge on any atom is -0.357 e. The van der Waals surface area contributed by atoms with Gasteiger partial charge in [0.2, 0.25) is 5.91 Å². The van der Waals surface area contributed by atoms with Crippen molar-refractivity contribution in [2.45, 2.75) is 32.7 Å². The van der Waals surface area contributed by atoms with Crippen LogP contribution in [0.3, 0.4) is 0 Å². The van der Waals surface area contributed by atoms with Gasteiger partial charge in [0, 0.05) is 26.3 Å². The fraction of sp³-hybridized carbons (Fsp3) is 0.692. The van der Waals surface area contributed by atoms with Crippen molar-refractivity contribution in [2.75, 3.05) is 20.1 Å². The minimum atomic E-state index is -0.472. The molecule has 0 spiro atoms. The average molecular weight is 253 g/mol. The van der Waals surface area contributed by atoms with Crippen molar-refractivity contribution >= 4 is 11.9 Å². The molecule has 5 nitrogen and oxygen atoms in total. The van der Waals surface area contributed by atoms with Crippen LogP contribution < -0.4 is 5.32 Å². The zero-order valence-electron chi connectivity index (χ0n) is 11.5. The SMILES string of the molecule is C=CN(C(=O)N1CCC1)C(CC(C)C)C(=O)NC. The zero-order valence-corrected chi connectivity index (χ0v) is 11.5. The number of carbonyl (C=O) groups excluding carboxylic acids is 2. The van der Waals surface area contributed by atoms with Crippen LogP contribution in [0, 0.1) is 5.92 Å². The first-order valence-corrected chi connectivity index (χ1v) is 6.42. The molecule has 18 heavy (non-hydrogen) atoms. The van der Waals surface area contributed by atoms with E-state index in [0.717, 1.165) is 19.5 Å². The second-order valence-electron chi connectivity index (χ2n) is 4.97. The number of rotatable bonds is 5. The van der Waals surface area contributed by atoms with E-state index >= 15 is 0 Å². The number of carbonyl (C=O) groups is 2. The van der Waals surface area contributed by atoms with Crippen LogP contribution in [-0.4, -0.2) is 47.9 Å². The van der Waals surface area contributed by atoms with Crippen LogP contribution in [0.15, 0.2) is 12.8 Å². The molecule has 0 radical (unpaired) electrons. The van der Waals surface area contributed by atoms with Gasteiger partial charge in [0.1, 0.15) is 6.04 Å². The van der Waals surface area contributed by atoms with Gasteiger partial charge in [0.15, 0.2) is 0 Å². The molecule has 0 aromatic rings. The van der Waals surface area contributed by atoms with Crippen molar-refractivity contribution in [3.8, 4) is 0 Å². The quantitative estimate of drug-likeness (QED) is 0.805. The van der Waals surface area contributed by atoms with Crippen LogP contribution in [0.2, 0.25) is 0 Å². The van der Waals surface area contributed by atoms with Crippen LogP contribution in [0.25, 0.3) is 0 Å². The predicted molar refractivity (Wildman–Crippen MR) is 70.9 cm³/mol. The lowest BCUT2D eigenvalue weighted by molar-refractivity contribution is -0.125. The van der Waals surface area contributed by atoms with E-state index in [1.807, 2.05) is 13.8 Å². The molecule has 1 atom stereocenters. The summed E-state index contributed by atoms with van der Waals surface area (Å²) in [4.78, 5) is 27.3. The molecule has 5 heteroatoms. The number of hydrogen-bond donors (Lipinski definition) is 1. The molecule has 102 valence electrons. The predicted octanol–water partition coefficient (Wildman–Crippen LogP) is 1.42. The van der Waals surface area contributed by atoms with Gasteiger partial charge in [-0.25, -0.2) is 4.79 Å². The molecule has 1 aliphatic heterocycles. The fourth-order valence-electron chi connectivity index (χ4n) is 1.97. The largest absolute Gasteiger partial charge is 0.357 e. The summed E-state index contributed by atoms with van der Waals surface area (Å²) in [6.07, 6.45) is 3.12. The highest BCUT2D eigenvalue weighted by atomic mass is 16.2. The lowest BCUT2D eigenvalue weighted by Crippen LogP contribution is -2.54. The van der Waals surface area contributed by atoms with Crippen LogP contribution >= 0.6 is 0 Å². The number of amides is 3. The summed E-state index contributed by atoms with van der Waals surface area (Å²) in [5, 5.41) is 2.62. The van der Waals surface area contributed by atoms with Gasteiger partial charge >= 0.3 is 6.03 Å². The van der Waals surface area contributed by atoms with Crippen LogP contribution in [0.4, 0.5) is 4.79 Å². The summed E-state index contributed by atoms with van der Waals surface area (Å²) in [5.74, 6) is 0.191. The first-order valence-electron chi connectivity index (χ1n) is 6.42. The Hall–Kier alpha value is -1.52. The Kier molecular flexibility index (Phi) is 5.19. The van der Waals surface area contributed by atoms with E-state index in [9.17, 15) is 9.59 Å². The summed E-state index contributed by atoms with van der Waals surface area (Å²) in [6.45, 7) is 9.27. The fourth-order valence-corrected chi connectivity index (χ4v) is 1.97. The van der Waals surface area contributed by atoms with Crippen molar-refractivity contribution in [3.05, 3.63) is 12.8 Å². The van der Waals surface area contributed by atoms with Crippen molar-refractivity contribution in [1.29, 1.82) is 0 Å². The number of nitrogens with zero attached hydrogens (tertiary/aromatic N) is 2. The number of hydrogen-bond acceptors (Lipinski definition) is 2. The van der Waals surface area contributed by atoms with Gasteiger partial charge in [0.05, 0.1) is 0 Å². The molecule has 1 N–H and O–H groups in total. The topological polar surface area (TPSA) is 52.7 Å². The van der Waals surface area contributed by atoms with Crippen molar-refractivity contribution in [3.63, 3.8) is 0 Å². The van der Waals surface area contributed by atoms with Crippen LogP contribution in [0.1, 0.15) is 26.7 Å². The third kappa shape index (κ3) is 3.24. The van der Waals surface area contributed by atoms with Gasteiger partial charge in [-0.05, 0) is 18.8 Å². The van der Waals surface area contributed by atoms with Gasteiger partial charge in [-0.15, -0.1) is 0 Å². The maximum atomic E-state index is 12.2. The molecule has 0 aromatic heterocycles. The maximum Gasteiger partial charge on any atom is 0.324 e. The minimum absolute atomic E-state index is 0.120. The van der Waals surface area contributed by atoms with E-state index in [0.29, 0.717) is 12.3 Å². The first-order chi connectivity index (χ1) is 8.51. The molecule has 1 heterocycles. The van der Waals surface area contributed by atoms with Crippen LogP contribution in [0.5, 0.6) is 0 Å². The summed E-state index contributed by atoms with van der Waals surface area (Å²) >= 11 is 0. The van der Waals surface area contributed by atoms with E-state index in [2.05, 4.69) is 11.9 Å². The molecule has 1 rings (SSSR count). The monoisotopic (exact) mass is 253 g/mol. The Balaban J connectivity index is 2.81. The number of likely N-dealkylation sites (N-methyl/N-ethyl adjacent to an activating group) is 1. The zero-order chi connectivity index (χ0) is 13.7. The lowest BCUT2D eigenvalue weighted by atomic mass is 10.0. The van der Waals surface area contributed by atoms with E-state index in [1.54, 1.807) is 11.9 Å².